The summed E-state index contributed by atoms with van der Waals surface area (Å²) in [6.45, 7) is 4.52. The average molecular weight is 683 g/mol. The molecular formula is C54H34. The Morgan fingerprint density at radius 2 is 0.815 bits per heavy atom. The third-order valence-corrected chi connectivity index (χ3v) is 12.4. The van der Waals surface area contributed by atoms with Crippen LogP contribution in [0.5, 0.6) is 0 Å². The third kappa shape index (κ3) is 3.82. The van der Waals surface area contributed by atoms with Crippen molar-refractivity contribution in [2.45, 2.75) is 13.8 Å². The van der Waals surface area contributed by atoms with Crippen LogP contribution in [0.15, 0.2) is 170 Å². The highest BCUT2D eigenvalue weighted by Gasteiger charge is 2.28. The van der Waals surface area contributed by atoms with E-state index in [1.807, 2.05) is 0 Å². The standard InChI is InChI=1S/C54H34/c1-31-15-13-16-32(2)46(31)41-27-28-42-52-44(29-35-21-9-10-22-36(35)50(41)52)54-48(34-19-7-4-8-20-34)51-40-26-14-25-39-37-23-11-12-24-38(37)43(49(39)40)30-45(51)47(53(42)54)33-17-5-3-6-18-33/h3-30H,1-2H3. The quantitative estimate of drug-likeness (QED) is 0.163. The molecule has 0 amide bonds. The Hall–Kier alpha value is -6.76. The van der Waals surface area contributed by atoms with Crippen molar-refractivity contribution in [1.82, 2.24) is 0 Å². The van der Waals surface area contributed by atoms with E-state index in [4.69, 9.17) is 0 Å². The molecule has 0 aliphatic rings. The zero-order chi connectivity index (χ0) is 35.7. The van der Waals surface area contributed by atoms with Crippen molar-refractivity contribution in [2.24, 2.45) is 0 Å². The summed E-state index contributed by atoms with van der Waals surface area (Å²) in [4.78, 5) is 0. The van der Waals surface area contributed by atoms with Crippen molar-refractivity contribution in [1.29, 1.82) is 0 Å². The molecule has 0 heteroatoms. The second-order valence-corrected chi connectivity index (χ2v) is 15.2. The lowest BCUT2D eigenvalue weighted by Gasteiger charge is -2.19. The Bertz CT molecular complexity index is 3460. The molecule has 0 aliphatic carbocycles. The Kier molecular flexibility index (Phi) is 6.00. The van der Waals surface area contributed by atoms with Gasteiger partial charge in [0.25, 0.3) is 0 Å². The second kappa shape index (κ2) is 10.9. The molecule has 54 heavy (non-hydrogen) atoms. The molecule has 0 nitrogen and oxygen atoms in total. The molecule has 0 bridgehead atoms. The van der Waals surface area contributed by atoms with Gasteiger partial charge in [-0.1, -0.05) is 158 Å². The Morgan fingerprint density at radius 1 is 0.259 bits per heavy atom. The van der Waals surface area contributed by atoms with Gasteiger partial charge in [0.2, 0.25) is 0 Å². The molecule has 0 unspecified atom stereocenters. The number of fused-ring (bicyclic) bond motifs is 10. The van der Waals surface area contributed by atoms with Crippen molar-refractivity contribution in [3.63, 3.8) is 0 Å². The Labute approximate surface area is 313 Å². The number of benzene rings is 10. The van der Waals surface area contributed by atoms with Gasteiger partial charge in [0, 0.05) is 0 Å². The van der Waals surface area contributed by atoms with Crippen molar-refractivity contribution < 1.29 is 0 Å². The van der Waals surface area contributed by atoms with Gasteiger partial charge in [0.05, 0.1) is 0 Å². The van der Waals surface area contributed by atoms with Crippen LogP contribution in [-0.2, 0) is 0 Å². The zero-order valence-corrected chi connectivity index (χ0v) is 30.2. The van der Waals surface area contributed by atoms with Crippen molar-refractivity contribution in [2.75, 3.05) is 0 Å². The van der Waals surface area contributed by atoms with Crippen LogP contribution in [0.3, 0.4) is 0 Å². The maximum atomic E-state index is 2.53. The summed E-state index contributed by atoms with van der Waals surface area (Å²) in [6, 6.07) is 63.9. The second-order valence-electron chi connectivity index (χ2n) is 15.2. The number of aryl methyl sites for hydroxylation is 2. The largest absolute Gasteiger partial charge is 0.0622 e. The van der Waals surface area contributed by atoms with Crippen LogP contribution in [0, 0.1) is 13.8 Å². The predicted octanol–water partition coefficient (Wildman–Crippen LogP) is 15.4. The molecule has 12 aromatic rings. The van der Waals surface area contributed by atoms with Crippen LogP contribution >= 0.6 is 0 Å². The van der Waals surface area contributed by atoms with E-state index in [2.05, 4.69) is 184 Å². The number of rotatable bonds is 3. The normalized spacial score (nSPS) is 12.3. The summed E-state index contributed by atoms with van der Waals surface area (Å²) in [6.07, 6.45) is 0. The number of hydrogen-bond donors (Lipinski definition) is 0. The fourth-order valence-electron chi connectivity index (χ4n) is 10.3. The molecule has 0 aromatic heterocycles. The first-order valence-electron chi connectivity index (χ1n) is 19.0. The minimum atomic E-state index is 1.25. The molecular weight excluding hydrogens is 649 g/mol. The SMILES string of the molecule is Cc1cccc(C)c1-c1ccc2c3c(-c4ccccc4)c4cc5c6ccccc6c6cccc(c4c(-c4ccccc4)c3c3cc4ccccc4c1c23)c65. The molecule has 0 saturated heterocycles. The molecule has 0 aliphatic heterocycles. The average Bonchev–Trinajstić information content (AvgIpc) is 3.72. The molecule has 12 rings (SSSR count). The summed E-state index contributed by atoms with van der Waals surface area (Å²) in [5.74, 6) is 0. The summed E-state index contributed by atoms with van der Waals surface area (Å²) in [5, 5.41) is 21.2. The minimum Gasteiger partial charge on any atom is -0.0622 e. The summed E-state index contributed by atoms with van der Waals surface area (Å²) >= 11 is 0. The molecule has 0 spiro atoms. The van der Waals surface area contributed by atoms with Crippen LogP contribution < -0.4 is 0 Å². The van der Waals surface area contributed by atoms with Gasteiger partial charge in [-0.15, -0.1) is 0 Å². The smallest absolute Gasteiger partial charge is 0.000697 e. The molecule has 12 aromatic carbocycles. The molecule has 0 atom stereocenters. The molecule has 0 heterocycles. The van der Waals surface area contributed by atoms with Crippen LogP contribution in [0.25, 0.3) is 120 Å². The van der Waals surface area contributed by atoms with Gasteiger partial charge in [0.1, 0.15) is 0 Å². The molecule has 0 fully saturated rings. The molecule has 0 radical (unpaired) electrons. The first-order valence-corrected chi connectivity index (χ1v) is 19.0. The van der Waals surface area contributed by atoms with E-state index in [-0.39, 0.29) is 0 Å². The summed E-state index contributed by atoms with van der Waals surface area (Å²) in [5.41, 5.74) is 10.4. The van der Waals surface area contributed by atoms with Crippen molar-refractivity contribution >= 4 is 86.2 Å². The maximum absolute atomic E-state index is 2.53. The summed E-state index contributed by atoms with van der Waals surface area (Å²) < 4.78 is 0. The lowest BCUT2D eigenvalue weighted by atomic mass is 9.84. The van der Waals surface area contributed by atoms with E-state index in [0.717, 1.165) is 0 Å². The minimum absolute atomic E-state index is 1.25. The molecule has 0 saturated carbocycles. The highest BCUT2D eigenvalue weighted by Crippen LogP contribution is 2.56. The van der Waals surface area contributed by atoms with Gasteiger partial charge in [-0.3, -0.25) is 0 Å². The zero-order valence-electron chi connectivity index (χ0n) is 30.2. The highest BCUT2D eigenvalue weighted by molar-refractivity contribution is 6.46. The van der Waals surface area contributed by atoms with Gasteiger partial charge in [-0.05, 0) is 157 Å². The topological polar surface area (TPSA) is 0 Å². The van der Waals surface area contributed by atoms with E-state index in [9.17, 15) is 0 Å². The van der Waals surface area contributed by atoms with Gasteiger partial charge in [0.15, 0.2) is 0 Å². The number of hydrogen-bond acceptors (Lipinski definition) is 0. The fraction of sp³-hybridized carbons (Fsp3) is 0.0370. The van der Waals surface area contributed by atoms with E-state index < -0.39 is 0 Å². The maximum Gasteiger partial charge on any atom is -0.000697 e. The van der Waals surface area contributed by atoms with Crippen molar-refractivity contribution in [3.05, 3.63) is 181 Å². The van der Waals surface area contributed by atoms with Gasteiger partial charge in [-0.2, -0.15) is 0 Å². The van der Waals surface area contributed by atoms with Crippen LogP contribution in [0.4, 0.5) is 0 Å². The van der Waals surface area contributed by atoms with E-state index in [0.29, 0.717) is 0 Å². The molecule has 250 valence electrons. The lowest BCUT2D eigenvalue weighted by Crippen LogP contribution is -1.91. The highest BCUT2D eigenvalue weighted by atomic mass is 14.3. The summed E-state index contributed by atoms with van der Waals surface area (Å²) in [7, 11) is 0. The Morgan fingerprint density at radius 3 is 1.56 bits per heavy atom. The van der Waals surface area contributed by atoms with Gasteiger partial charge in [-0.25, -0.2) is 0 Å². The van der Waals surface area contributed by atoms with E-state index in [1.165, 1.54) is 131 Å². The van der Waals surface area contributed by atoms with Crippen LogP contribution in [0.1, 0.15) is 11.1 Å². The molecule has 0 N–H and O–H groups in total. The van der Waals surface area contributed by atoms with Crippen LogP contribution in [-0.4, -0.2) is 0 Å². The van der Waals surface area contributed by atoms with Crippen molar-refractivity contribution in [3.8, 4) is 33.4 Å². The monoisotopic (exact) mass is 682 g/mol. The van der Waals surface area contributed by atoms with Gasteiger partial charge < -0.3 is 0 Å². The van der Waals surface area contributed by atoms with E-state index >= 15 is 0 Å². The predicted molar refractivity (Wildman–Crippen MR) is 235 cm³/mol. The first-order chi connectivity index (χ1) is 26.7. The fourth-order valence-corrected chi connectivity index (χ4v) is 10.3. The first kappa shape index (κ1) is 29.8. The third-order valence-electron chi connectivity index (χ3n) is 12.4. The lowest BCUT2D eigenvalue weighted by molar-refractivity contribution is 1.39. The van der Waals surface area contributed by atoms with Gasteiger partial charge >= 0.3 is 0 Å². The Balaban J connectivity index is 1.44. The van der Waals surface area contributed by atoms with Crippen LogP contribution in [0.2, 0.25) is 0 Å². The van der Waals surface area contributed by atoms with E-state index in [1.54, 1.807) is 0 Å².